The van der Waals surface area contributed by atoms with Crippen LogP contribution >= 0.6 is 11.3 Å². The van der Waals surface area contributed by atoms with E-state index in [1.807, 2.05) is 0 Å². The summed E-state index contributed by atoms with van der Waals surface area (Å²) < 4.78 is 0. The summed E-state index contributed by atoms with van der Waals surface area (Å²) in [5.74, 6) is 0.0530. The smallest absolute Gasteiger partial charge is 0.171 e. The number of nitrogens with two attached hydrogens (primary N) is 1. The molecule has 0 aliphatic rings. The summed E-state index contributed by atoms with van der Waals surface area (Å²) in [4.78, 5) is 15.3. The second-order valence-electron chi connectivity index (χ2n) is 1.88. The van der Waals surface area contributed by atoms with Gasteiger partial charge in [0, 0.05) is 19.7 Å². The Bertz CT molecular complexity index is 244. The Hall–Kier alpha value is -0.740. The maximum atomic E-state index is 10.7. The fourth-order valence-electron chi connectivity index (χ4n) is 0.567. The van der Waals surface area contributed by atoms with Crippen LogP contribution in [0.15, 0.2) is 6.20 Å². The van der Waals surface area contributed by atoms with Gasteiger partial charge in [0.15, 0.2) is 5.78 Å². The summed E-state index contributed by atoms with van der Waals surface area (Å²) in [7, 11) is 0. The van der Waals surface area contributed by atoms with Crippen LogP contribution in [0, 0.1) is 0 Å². The van der Waals surface area contributed by atoms with Crippen molar-refractivity contribution in [1.82, 2.24) is 4.98 Å². The summed E-state index contributed by atoms with van der Waals surface area (Å²) in [5, 5.41) is 0.810. The Labute approximate surface area is 62.9 Å². The van der Waals surface area contributed by atoms with Gasteiger partial charge in [-0.2, -0.15) is 0 Å². The molecule has 0 saturated carbocycles. The molecule has 1 heterocycles. The molecule has 0 aromatic carbocycles. The predicted octanol–water partition coefficient (Wildman–Crippen LogP) is 0.804. The van der Waals surface area contributed by atoms with Crippen molar-refractivity contribution in [2.24, 2.45) is 5.73 Å². The standard InChI is InChI=1S/C6H8N2OS/c1-4(9)5-3-8-6(2-7)10-5/h3H,2,7H2,1H3. The van der Waals surface area contributed by atoms with Gasteiger partial charge in [-0.15, -0.1) is 11.3 Å². The molecule has 10 heavy (non-hydrogen) atoms. The molecule has 1 aromatic heterocycles. The van der Waals surface area contributed by atoms with Gasteiger partial charge in [0.2, 0.25) is 0 Å². The van der Waals surface area contributed by atoms with E-state index in [0.29, 0.717) is 11.4 Å². The first-order valence-electron chi connectivity index (χ1n) is 2.89. The number of hydrogen-bond donors (Lipinski definition) is 1. The van der Waals surface area contributed by atoms with Crippen molar-refractivity contribution >= 4 is 17.1 Å². The highest BCUT2D eigenvalue weighted by atomic mass is 32.1. The molecular formula is C6H8N2OS. The van der Waals surface area contributed by atoms with Crippen LogP contribution in [0.1, 0.15) is 21.6 Å². The minimum Gasteiger partial charge on any atom is -0.325 e. The Balaban J connectivity index is 2.88. The SMILES string of the molecule is CC(=O)c1cnc(CN)s1. The van der Waals surface area contributed by atoms with Gasteiger partial charge in [-0.05, 0) is 0 Å². The fourth-order valence-corrected chi connectivity index (χ4v) is 1.26. The molecule has 0 bridgehead atoms. The van der Waals surface area contributed by atoms with E-state index in [0.717, 1.165) is 5.01 Å². The number of aromatic nitrogens is 1. The molecule has 0 radical (unpaired) electrons. The molecule has 3 nitrogen and oxygen atoms in total. The lowest BCUT2D eigenvalue weighted by Gasteiger charge is -1.82. The van der Waals surface area contributed by atoms with Gasteiger partial charge in [-0.1, -0.05) is 0 Å². The average Bonchev–Trinajstić information content (AvgIpc) is 2.34. The normalized spacial score (nSPS) is 9.80. The van der Waals surface area contributed by atoms with Crippen molar-refractivity contribution < 1.29 is 4.79 Å². The van der Waals surface area contributed by atoms with Crippen LogP contribution in [-0.4, -0.2) is 10.8 Å². The third kappa shape index (κ3) is 1.40. The zero-order valence-electron chi connectivity index (χ0n) is 5.63. The van der Waals surface area contributed by atoms with E-state index in [1.165, 1.54) is 18.3 Å². The number of carbonyl (C=O) groups excluding carboxylic acids is 1. The average molecular weight is 156 g/mol. The molecule has 0 amide bonds. The first-order chi connectivity index (χ1) is 4.74. The lowest BCUT2D eigenvalue weighted by Crippen LogP contribution is -1.93. The molecule has 54 valence electrons. The van der Waals surface area contributed by atoms with Gasteiger partial charge >= 0.3 is 0 Å². The Morgan fingerprint density at radius 2 is 2.60 bits per heavy atom. The molecule has 4 heteroatoms. The van der Waals surface area contributed by atoms with Gasteiger partial charge in [0.25, 0.3) is 0 Å². The lowest BCUT2D eigenvalue weighted by atomic mass is 10.4. The van der Waals surface area contributed by atoms with Crippen LogP contribution in [0.25, 0.3) is 0 Å². The number of ketones is 1. The van der Waals surface area contributed by atoms with Gasteiger partial charge < -0.3 is 5.73 Å². The Morgan fingerprint density at radius 1 is 1.90 bits per heavy atom. The predicted molar refractivity (Wildman–Crippen MR) is 40.0 cm³/mol. The van der Waals surface area contributed by atoms with Crippen LogP contribution in [0.2, 0.25) is 0 Å². The van der Waals surface area contributed by atoms with E-state index in [4.69, 9.17) is 5.73 Å². The largest absolute Gasteiger partial charge is 0.325 e. The Kier molecular flexibility index (Phi) is 2.13. The highest BCUT2D eigenvalue weighted by molar-refractivity contribution is 7.13. The second kappa shape index (κ2) is 2.90. The molecule has 1 aromatic rings. The van der Waals surface area contributed by atoms with E-state index in [9.17, 15) is 4.79 Å². The maximum Gasteiger partial charge on any atom is 0.171 e. The van der Waals surface area contributed by atoms with Crippen molar-refractivity contribution in [3.8, 4) is 0 Å². The molecular weight excluding hydrogens is 148 g/mol. The van der Waals surface area contributed by atoms with E-state index < -0.39 is 0 Å². The van der Waals surface area contributed by atoms with Crippen molar-refractivity contribution in [1.29, 1.82) is 0 Å². The van der Waals surface area contributed by atoms with Crippen molar-refractivity contribution in [2.45, 2.75) is 13.5 Å². The number of Topliss-reactive ketones (excluding diaryl/α,β-unsaturated/α-hetero) is 1. The third-order valence-corrected chi connectivity index (χ3v) is 2.20. The minimum absolute atomic E-state index is 0.0530. The topological polar surface area (TPSA) is 56.0 Å². The number of thiazole rings is 1. The summed E-state index contributed by atoms with van der Waals surface area (Å²) in [5.41, 5.74) is 5.30. The third-order valence-electron chi connectivity index (χ3n) is 1.08. The van der Waals surface area contributed by atoms with Crippen molar-refractivity contribution in [3.63, 3.8) is 0 Å². The highest BCUT2D eigenvalue weighted by Crippen LogP contribution is 2.11. The van der Waals surface area contributed by atoms with Gasteiger partial charge in [0.05, 0.1) is 4.88 Å². The zero-order chi connectivity index (χ0) is 7.56. The van der Waals surface area contributed by atoms with E-state index >= 15 is 0 Å². The van der Waals surface area contributed by atoms with Crippen LogP contribution < -0.4 is 5.73 Å². The summed E-state index contributed by atoms with van der Waals surface area (Å²) in [6.07, 6.45) is 1.56. The monoisotopic (exact) mass is 156 g/mol. The maximum absolute atomic E-state index is 10.7. The Morgan fingerprint density at radius 3 is 2.90 bits per heavy atom. The number of carbonyl (C=O) groups is 1. The highest BCUT2D eigenvalue weighted by Gasteiger charge is 2.03. The lowest BCUT2D eigenvalue weighted by molar-refractivity contribution is 0.102. The van der Waals surface area contributed by atoms with Crippen molar-refractivity contribution in [3.05, 3.63) is 16.1 Å². The molecule has 0 aliphatic heterocycles. The van der Waals surface area contributed by atoms with Gasteiger partial charge in [-0.25, -0.2) is 4.98 Å². The molecule has 0 unspecified atom stereocenters. The summed E-state index contributed by atoms with van der Waals surface area (Å²) in [6.45, 7) is 1.94. The zero-order valence-corrected chi connectivity index (χ0v) is 6.44. The number of rotatable bonds is 2. The van der Waals surface area contributed by atoms with Gasteiger partial charge in [0.1, 0.15) is 5.01 Å². The fraction of sp³-hybridized carbons (Fsp3) is 0.333. The molecule has 0 spiro atoms. The molecule has 0 aliphatic carbocycles. The number of hydrogen-bond acceptors (Lipinski definition) is 4. The number of nitrogens with zero attached hydrogens (tertiary/aromatic N) is 1. The molecule has 0 atom stereocenters. The second-order valence-corrected chi connectivity index (χ2v) is 2.99. The molecule has 2 N–H and O–H groups in total. The van der Waals surface area contributed by atoms with Crippen LogP contribution in [-0.2, 0) is 6.54 Å². The first kappa shape index (κ1) is 7.37. The van der Waals surface area contributed by atoms with Crippen LogP contribution in [0.3, 0.4) is 0 Å². The first-order valence-corrected chi connectivity index (χ1v) is 3.71. The quantitative estimate of drug-likeness (QED) is 0.644. The van der Waals surface area contributed by atoms with E-state index in [1.54, 1.807) is 6.20 Å². The summed E-state index contributed by atoms with van der Waals surface area (Å²) in [6, 6.07) is 0. The van der Waals surface area contributed by atoms with E-state index in [2.05, 4.69) is 4.98 Å². The van der Waals surface area contributed by atoms with Crippen LogP contribution in [0.5, 0.6) is 0 Å². The summed E-state index contributed by atoms with van der Waals surface area (Å²) >= 11 is 1.36. The molecule has 0 fully saturated rings. The van der Waals surface area contributed by atoms with Gasteiger partial charge in [-0.3, -0.25) is 4.79 Å². The molecule has 1 rings (SSSR count). The minimum atomic E-state index is 0.0530. The molecule has 0 saturated heterocycles. The van der Waals surface area contributed by atoms with E-state index in [-0.39, 0.29) is 5.78 Å². The van der Waals surface area contributed by atoms with Crippen molar-refractivity contribution in [2.75, 3.05) is 0 Å². The van der Waals surface area contributed by atoms with Crippen LogP contribution in [0.4, 0.5) is 0 Å².